The number of carbonyl (C=O) groups is 2. The van der Waals surface area contributed by atoms with Crippen LogP contribution in [0, 0.1) is 5.82 Å². The Morgan fingerprint density at radius 1 is 1.00 bits per heavy atom. The standard InChI is InChI=1S/C25H24BrFN2O3/c1-28-25(31)23(15-18-7-3-2-4-8-18)29(16-19-9-5-6-10-22(19)27)24(30)17-32-21-13-11-20(26)12-14-21/h2-14,23H,15-17H2,1H3,(H,28,31)/t23-/m0/s1. The van der Waals surface area contributed by atoms with Crippen LogP contribution in [0.5, 0.6) is 5.75 Å². The van der Waals surface area contributed by atoms with Crippen molar-refractivity contribution >= 4 is 27.7 Å². The minimum Gasteiger partial charge on any atom is -0.484 e. The zero-order valence-corrected chi connectivity index (χ0v) is 19.2. The highest BCUT2D eigenvalue weighted by Gasteiger charge is 2.30. The average Bonchev–Trinajstić information content (AvgIpc) is 2.82. The van der Waals surface area contributed by atoms with E-state index in [1.165, 1.54) is 18.0 Å². The van der Waals surface area contributed by atoms with E-state index in [0.717, 1.165) is 10.0 Å². The molecule has 0 aliphatic rings. The van der Waals surface area contributed by atoms with Crippen molar-refractivity contribution in [2.75, 3.05) is 13.7 Å². The van der Waals surface area contributed by atoms with Gasteiger partial charge in [-0.15, -0.1) is 0 Å². The van der Waals surface area contributed by atoms with Crippen LogP contribution in [0.4, 0.5) is 4.39 Å². The monoisotopic (exact) mass is 498 g/mol. The van der Waals surface area contributed by atoms with Crippen LogP contribution in [0.1, 0.15) is 11.1 Å². The van der Waals surface area contributed by atoms with Gasteiger partial charge in [-0.05, 0) is 35.9 Å². The van der Waals surface area contributed by atoms with Gasteiger partial charge < -0.3 is 15.0 Å². The lowest BCUT2D eigenvalue weighted by molar-refractivity contribution is -0.142. The molecule has 0 aliphatic heterocycles. The van der Waals surface area contributed by atoms with E-state index in [4.69, 9.17) is 4.74 Å². The van der Waals surface area contributed by atoms with Crippen LogP contribution in [0.25, 0.3) is 0 Å². The molecule has 1 atom stereocenters. The van der Waals surface area contributed by atoms with Crippen molar-refractivity contribution in [2.24, 2.45) is 0 Å². The highest BCUT2D eigenvalue weighted by molar-refractivity contribution is 9.10. The Balaban J connectivity index is 1.87. The predicted molar refractivity (Wildman–Crippen MR) is 125 cm³/mol. The third-order valence-corrected chi connectivity index (χ3v) is 5.52. The summed E-state index contributed by atoms with van der Waals surface area (Å²) in [6.07, 6.45) is 0.291. The molecule has 2 amide bonds. The van der Waals surface area contributed by atoms with E-state index in [1.54, 1.807) is 42.5 Å². The summed E-state index contributed by atoms with van der Waals surface area (Å²) in [6, 6.07) is 21.9. The van der Waals surface area contributed by atoms with Gasteiger partial charge in [0.05, 0.1) is 0 Å². The third-order valence-electron chi connectivity index (χ3n) is 4.99. The number of carbonyl (C=O) groups excluding carboxylic acids is 2. The quantitative estimate of drug-likeness (QED) is 0.476. The van der Waals surface area contributed by atoms with Crippen molar-refractivity contribution in [1.29, 1.82) is 0 Å². The van der Waals surface area contributed by atoms with Crippen LogP contribution < -0.4 is 10.1 Å². The average molecular weight is 499 g/mol. The van der Waals surface area contributed by atoms with E-state index in [0.29, 0.717) is 17.7 Å². The highest BCUT2D eigenvalue weighted by Crippen LogP contribution is 2.19. The Morgan fingerprint density at radius 3 is 2.31 bits per heavy atom. The number of hydrogen-bond donors (Lipinski definition) is 1. The van der Waals surface area contributed by atoms with Gasteiger partial charge in [-0.25, -0.2) is 4.39 Å². The van der Waals surface area contributed by atoms with Crippen molar-refractivity contribution in [3.8, 4) is 5.75 Å². The van der Waals surface area contributed by atoms with E-state index in [2.05, 4.69) is 21.2 Å². The second-order valence-corrected chi connectivity index (χ2v) is 8.09. The number of likely N-dealkylation sites (N-methyl/N-ethyl adjacent to an activating group) is 1. The molecule has 32 heavy (non-hydrogen) atoms. The summed E-state index contributed by atoms with van der Waals surface area (Å²) >= 11 is 3.36. The van der Waals surface area contributed by atoms with Crippen molar-refractivity contribution in [3.05, 3.63) is 100 Å². The summed E-state index contributed by atoms with van der Waals surface area (Å²) in [4.78, 5) is 27.4. The number of halogens is 2. The Labute approximate surface area is 195 Å². The lowest BCUT2D eigenvalue weighted by Gasteiger charge is -2.31. The molecule has 5 nitrogen and oxygen atoms in total. The van der Waals surface area contributed by atoms with E-state index < -0.39 is 17.8 Å². The van der Waals surface area contributed by atoms with Gasteiger partial charge in [0.25, 0.3) is 5.91 Å². The zero-order chi connectivity index (χ0) is 22.9. The molecule has 0 saturated carbocycles. The smallest absolute Gasteiger partial charge is 0.261 e. The van der Waals surface area contributed by atoms with Crippen molar-refractivity contribution in [3.63, 3.8) is 0 Å². The highest BCUT2D eigenvalue weighted by atomic mass is 79.9. The molecule has 3 rings (SSSR count). The molecule has 166 valence electrons. The molecular weight excluding hydrogens is 475 g/mol. The van der Waals surface area contributed by atoms with E-state index >= 15 is 0 Å². The molecular formula is C25H24BrFN2O3. The summed E-state index contributed by atoms with van der Waals surface area (Å²) in [5, 5.41) is 2.63. The SMILES string of the molecule is CNC(=O)[C@H](Cc1ccccc1)N(Cc1ccccc1F)C(=O)COc1ccc(Br)cc1. The van der Waals surface area contributed by atoms with Gasteiger partial charge in [-0.2, -0.15) is 0 Å². The molecule has 0 bridgehead atoms. The van der Waals surface area contributed by atoms with Gasteiger partial charge in [0.15, 0.2) is 6.61 Å². The maximum absolute atomic E-state index is 14.4. The number of amides is 2. The Kier molecular flexibility index (Phi) is 8.39. The van der Waals surface area contributed by atoms with Crippen LogP contribution in [-0.2, 0) is 22.6 Å². The minimum absolute atomic E-state index is 0.0554. The van der Waals surface area contributed by atoms with E-state index in [-0.39, 0.29) is 19.1 Å². The summed E-state index contributed by atoms with van der Waals surface area (Å²) in [6.45, 7) is -0.335. The lowest BCUT2D eigenvalue weighted by Crippen LogP contribution is -2.51. The summed E-state index contributed by atoms with van der Waals surface area (Å²) < 4.78 is 20.9. The largest absolute Gasteiger partial charge is 0.484 e. The van der Waals surface area contributed by atoms with Crippen molar-refractivity contribution in [2.45, 2.75) is 19.0 Å². The van der Waals surface area contributed by atoms with Crippen LogP contribution in [-0.4, -0.2) is 36.4 Å². The van der Waals surface area contributed by atoms with Gasteiger partial charge >= 0.3 is 0 Å². The van der Waals surface area contributed by atoms with Crippen LogP contribution >= 0.6 is 15.9 Å². The minimum atomic E-state index is -0.831. The van der Waals surface area contributed by atoms with Crippen molar-refractivity contribution in [1.82, 2.24) is 10.2 Å². The topological polar surface area (TPSA) is 58.6 Å². The maximum atomic E-state index is 14.4. The van der Waals surface area contributed by atoms with Crippen LogP contribution in [0.15, 0.2) is 83.3 Å². The van der Waals surface area contributed by atoms with Gasteiger partial charge in [-0.3, -0.25) is 9.59 Å². The van der Waals surface area contributed by atoms with Gasteiger partial charge in [0, 0.05) is 30.0 Å². The summed E-state index contributed by atoms with van der Waals surface area (Å²) in [7, 11) is 1.52. The number of nitrogens with zero attached hydrogens (tertiary/aromatic N) is 1. The maximum Gasteiger partial charge on any atom is 0.261 e. The predicted octanol–water partition coefficient (Wildman–Crippen LogP) is 4.35. The van der Waals surface area contributed by atoms with E-state index in [1.807, 2.05) is 30.3 Å². The van der Waals surface area contributed by atoms with Crippen LogP contribution in [0.3, 0.4) is 0 Å². The fraction of sp³-hybridized carbons (Fsp3) is 0.200. The Bertz CT molecular complexity index is 1040. The molecule has 0 unspecified atom stereocenters. The van der Waals surface area contributed by atoms with E-state index in [9.17, 15) is 14.0 Å². The first kappa shape index (κ1) is 23.5. The van der Waals surface area contributed by atoms with Crippen LogP contribution in [0.2, 0.25) is 0 Å². The number of nitrogens with one attached hydrogen (secondary N) is 1. The molecule has 3 aromatic rings. The molecule has 7 heteroatoms. The number of rotatable bonds is 9. The number of benzene rings is 3. The molecule has 0 aromatic heterocycles. The summed E-state index contributed by atoms with van der Waals surface area (Å²) in [5.41, 5.74) is 1.22. The number of ether oxygens (including phenoxy) is 1. The number of hydrogen-bond acceptors (Lipinski definition) is 3. The Hall–Kier alpha value is -3.19. The fourth-order valence-corrected chi connectivity index (χ4v) is 3.55. The molecule has 3 aromatic carbocycles. The Morgan fingerprint density at radius 2 is 1.66 bits per heavy atom. The van der Waals surface area contributed by atoms with Gasteiger partial charge in [0.1, 0.15) is 17.6 Å². The molecule has 0 saturated heterocycles. The molecule has 0 heterocycles. The molecule has 1 N–H and O–H groups in total. The van der Waals surface area contributed by atoms with Gasteiger partial charge in [0.2, 0.25) is 5.91 Å². The lowest BCUT2D eigenvalue weighted by atomic mass is 10.0. The molecule has 0 spiro atoms. The molecule has 0 fully saturated rings. The first-order valence-electron chi connectivity index (χ1n) is 10.1. The molecule has 0 aliphatic carbocycles. The second-order valence-electron chi connectivity index (χ2n) is 7.18. The third kappa shape index (κ3) is 6.40. The first-order chi connectivity index (χ1) is 15.5. The fourth-order valence-electron chi connectivity index (χ4n) is 3.29. The summed E-state index contributed by atoms with van der Waals surface area (Å²) in [5.74, 6) is -0.663. The molecule has 0 radical (unpaired) electrons. The van der Waals surface area contributed by atoms with Gasteiger partial charge in [-0.1, -0.05) is 64.5 Å². The first-order valence-corrected chi connectivity index (χ1v) is 10.9. The van der Waals surface area contributed by atoms with Crippen molar-refractivity contribution < 1.29 is 18.7 Å². The second kappa shape index (κ2) is 11.4. The zero-order valence-electron chi connectivity index (χ0n) is 17.6. The normalized spacial score (nSPS) is 11.5.